The Kier molecular flexibility index (Phi) is 5.80. The van der Waals surface area contributed by atoms with Crippen molar-refractivity contribution < 1.29 is 4.39 Å². The number of nitrogen functional groups attached to an aromatic ring is 1. The topological polar surface area (TPSA) is 44.5 Å². The van der Waals surface area contributed by atoms with Crippen LogP contribution in [0.2, 0.25) is 5.02 Å². The van der Waals surface area contributed by atoms with Gasteiger partial charge in [-0.25, -0.2) is 4.39 Å². The van der Waals surface area contributed by atoms with Crippen LogP contribution in [-0.4, -0.2) is 18.0 Å². The number of halogens is 2. The molecule has 0 saturated heterocycles. The molecule has 34 heavy (non-hydrogen) atoms. The van der Waals surface area contributed by atoms with Crippen molar-refractivity contribution in [2.45, 2.75) is 13.0 Å². The van der Waals surface area contributed by atoms with Gasteiger partial charge in [-0.1, -0.05) is 49.0 Å². The molecule has 2 aliphatic heterocycles. The van der Waals surface area contributed by atoms with Gasteiger partial charge in [0.1, 0.15) is 5.82 Å². The first-order chi connectivity index (χ1) is 16.4. The van der Waals surface area contributed by atoms with Crippen molar-refractivity contribution in [3.8, 4) is 0 Å². The molecule has 6 heteroatoms. The fourth-order valence-electron chi connectivity index (χ4n) is 4.61. The molecule has 3 N–H and O–H groups in total. The van der Waals surface area contributed by atoms with Gasteiger partial charge in [-0.2, -0.15) is 0 Å². The maximum Gasteiger partial charge on any atom is 0.124 e. The minimum atomic E-state index is -0.370. The van der Waals surface area contributed by atoms with Crippen molar-refractivity contribution in [1.82, 2.24) is 4.90 Å². The van der Waals surface area contributed by atoms with E-state index in [2.05, 4.69) is 58.6 Å². The first kappa shape index (κ1) is 22.1. The van der Waals surface area contributed by atoms with E-state index in [0.717, 1.165) is 48.7 Å². The molecule has 2 aliphatic rings. The van der Waals surface area contributed by atoms with E-state index in [-0.39, 0.29) is 5.82 Å². The first-order valence-electron chi connectivity index (χ1n) is 11.2. The molecule has 0 atom stereocenters. The summed E-state index contributed by atoms with van der Waals surface area (Å²) in [6.07, 6.45) is 3.38. The van der Waals surface area contributed by atoms with Gasteiger partial charge in [0.05, 0.1) is 11.6 Å². The van der Waals surface area contributed by atoms with Gasteiger partial charge in [0, 0.05) is 58.4 Å². The smallest absolute Gasteiger partial charge is 0.124 e. The Morgan fingerprint density at radius 1 is 1.00 bits per heavy atom. The van der Waals surface area contributed by atoms with Crippen LogP contribution in [0.4, 0.5) is 21.5 Å². The Morgan fingerprint density at radius 3 is 2.65 bits per heavy atom. The fraction of sp³-hybridized carbons (Fsp3) is 0.143. The second kappa shape index (κ2) is 8.92. The van der Waals surface area contributed by atoms with Gasteiger partial charge in [0.15, 0.2) is 0 Å². The molecule has 172 valence electrons. The third kappa shape index (κ3) is 4.15. The van der Waals surface area contributed by atoms with E-state index in [9.17, 15) is 4.39 Å². The van der Waals surface area contributed by atoms with Crippen LogP contribution in [0, 0.1) is 5.82 Å². The number of nitrogens with two attached hydrogens (primary N) is 1. The SMILES string of the molecule is C=C(Nc1ccc(C(=C)N2CC3=CCCN3Cc3ccccc32)c(Cl)c1)c1cc(F)ccc1N. The van der Waals surface area contributed by atoms with Gasteiger partial charge >= 0.3 is 0 Å². The molecule has 0 aliphatic carbocycles. The number of nitrogens with zero attached hydrogens (tertiary/aromatic N) is 2. The van der Waals surface area contributed by atoms with E-state index in [0.29, 0.717) is 22.0 Å². The maximum atomic E-state index is 13.7. The number of rotatable bonds is 5. The van der Waals surface area contributed by atoms with Crippen molar-refractivity contribution in [3.05, 3.63) is 113 Å². The number of para-hydroxylation sites is 1. The van der Waals surface area contributed by atoms with Crippen LogP contribution >= 0.6 is 11.6 Å². The molecule has 0 amide bonds. The zero-order valence-corrected chi connectivity index (χ0v) is 19.6. The summed E-state index contributed by atoms with van der Waals surface area (Å²) in [5.41, 5.74) is 13.6. The highest BCUT2D eigenvalue weighted by molar-refractivity contribution is 6.32. The summed E-state index contributed by atoms with van der Waals surface area (Å²) in [5.74, 6) is -0.370. The largest absolute Gasteiger partial charge is 0.398 e. The van der Waals surface area contributed by atoms with Gasteiger partial charge < -0.3 is 20.9 Å². The summed E-state index contributed by atoms with van der Waals surface area (Å²) in [7, 11) is 0. The molecule has 0 radical (unpaired) electrons. The van der Waals surface area contributed by atoms with Gasteiger partial charge in [0.2, 0.25) is 0 Å². The molecule has 0 aromatic heterocycles. The molecule has 0 fully saturated rings. The number of benzene rings is 3. The average molecular weight is 473 g/mol. The van der Waals surface area contributed by atoms with E-state index in [4.69, 9.17) is 17.3 Å². The molecule has 0 bridgehead atoms. The molecule has 0 unspecified atom stereocenters. The number of fused-ring (bicyclic) bond motifs is 2. The lowest BCUT2D eigenvalue weighted by Crippen LogP contribution is -2.26. The summed E-state index contributed by atoms with van der Waals surface area (Å²) in [4.78, 5) is 4.68. The number of anilines is 3. The predicted molar refractivity (Wildman–Crippen MR) is 141 cm³/mol. The van der Waals surface area contributed by atoms with E-state index in [1.807, 2.05) is 18.2 Å². The lowest BCUT2D eigenvalue weighted by molar-refractivity contribution is 0.370. The summed E-state index contributed by atoms with van der Waals surface area (Å²) in [5, 5.41) is 3.75. The van der Waals surface area contributed by atoms with Crippen LogP contribution in [-0.2, 0) is 6.54 Å². The van der Waals surface area contributed by atoms with Crippen LogP contribution in [0.3, 0.4) is 0 Å². The van der Waals surface area contributed by atoms with E-state index in [1.165, 1.54) is 29.5 Å². The summed E-state index contributed by atoms with van der Waals surface area (Å²) < 4.78 is 13.7. The average Bonchev–Trinajstić information content (AvgIpc) is 3.19. The number of hydrogen-bond acceptors (Lipinski definition) is 4. The molecule has 3 aromatic carbocycles. The van der Waals surface area contributed by atoms with E-state index in [1.54, 1.807) is 0 Å². The maximum absolute atomic E-state index is 13.7. The van der Waals surface area contributed by atoms with Crippen molar-refractivity contribution in [3.63, 3.8) is 0 Å². The lowest BCUT2D eigenvalue weighted by Gasteiger charge is -2.28. The lowest BCUT2D eigenvalue weighted by atomic mass is 10.1. The minimum Gasteiger partial charge on any atom is -0.398 e. The van der Waals surface area contributed by atoms with Crippen molar-refractivity contribution in [2.75, 3.05) is 29.0 Å². The molecular formula is C28H26ClFN4. The van der Waals surface area contributed by atoms with Crippen LogP contribution in [0.1, 0.15) is 23.1 Å². The molecule has 5 rings (SSSR count). The molecular weight excluding hydrogens is 447 g/mol. The number of nitrogens with one attached hydrogen (secondary N) is 1. The Balaban J connectivity index is 1.42. The van der Waals surface area contributed by atoms with Crippen LogP contribution < -0.4 is 16.0 Å². The van der Waals surface area contributed by atoms with E-state index < -0.39 is 0 Å². The third-order valence-corrected chi connectivity index (χ3v) is 6.70. The van der Waals surface area contributed by atoms with Crippen molar-refractivity contribution in [2.24, 2.45) is 0 Å². The zero-order valence-electron chi connectivity index (χ0n) is 18.8. The van der Waals surface area contributed by atoms with Gasteiger partial charge in [-0.3, -0.25) is 0 Å². The van der Waals surface area contributed by atoms with Crippen molar-refractivity contribution in [1.29, 1.82) is 0 Å². The molecule has 2 heterocycles. The second-order valence-corrected chi connectivity index (χ2v) is 9.00. The molecule has 0 spiro atoms. The van der Waals surface area contributed by atoms with E-state index >= 15 is 0 Å². The molecule has 0 saturated carbocycles. The van der Waals surface area contributed by atoms with Gasteiger partial charge in [-0.15, -0.1) is 0 Å². The van der Waals surface area contributed by atoms with Gasteiger partial charge in [-0.05, 0) is 54.4 Å². The van der Waals surface area contributed by atoms with Crippen LogP contribution in [0.15, 0.2) is 85.6 Å². The highest BCUT2D eigenvalue weighted by atomic mass is 35.5. The van der Waals surface area contributed by atoms with Crippen molar-refractivity contribution >= 4 is 40.1 Å². The normalized spacial score (nSPS) is 14.7. The standard InChI is InChI=1S/C28H26ClFN4/c1-18(25-14-21(30)9-12-27(25)31)32-22-10-11-24(26(29)15-22)19(2)34-17-23-7-5-13-33(23)16-20-6-3-4-8-28(20)34/h3-4,6-12,14-15,32H,1-2,5,13,16-17,31H2. The molecule has 4 nitrogen and oxygen atoms in total. The minimum absolute atomic E-state index is 0.370. The molecule has 3 aromatic rings. The van der Waals surface area contributed by atoms with Crippen LogP contribution in [0.25, 0.3) is 11.4 Å². The summed E-state index contributed by atoms with van der Waals surface area (Å²) in [6.45, 7) is 11.1. The third-order valence-electron chi connectivity index (χ3n) is 6.39. The number of hydrogen-bond donors (Lipinski definition) is 2. The Labute approximate surface area is 204 Å². The predicted octanol–water partition coefficient (Wildman–Crippen LogP) is 6.72. The summed E-state index contributed by atoms with van der Waals surface area (Å²) >= 11 is 6.74. The second-order valence-electron chi connectivity index (χ2n) is 8.60. The first-order valence-corrected chi connectivity index (χ1v) is 11.6. The Bertz CT molecular complexity index is 1330. The van der Waals surface area contributed by atoms with Gasteiger partial charge in [0.25, 0.3) is 0 Å². The zero-order chi connectivity index (χ0) is 23.8. The Morgan fingerprint density at radius 2 is 1.82 bits per heavy atom. The monoisotopic (exact) mass is 472 g/mol. The Hall–Kier alpha value is -3.70. The quantitative estimate of drug-likeness (QED) is 0.404. The fourth-order valence-corrected chi connectivity index (χ4v) is 4.90. The summed E-state index contributed by atoms with van der Waals surface area (Å²) in [6, 6.07) is 18.4. The van der Waals surface area contributed by atoms with Crippen LogP contribution in [0.5, 0.6) is 0 Å². The highest BCUT2D eigenvalue weighted by Gasteiger charge is 2.27. The highest BCUT2D eigenvalue weighted by Crippen LogP contribution is 2.38.